The van der Waals surface area contributed by atoms with E-state index >= 15 is 0 Å². The molecular weight excluding hydrogens is 383 g/mol. The van der Waals surface area contributed by atoms with Gasteiger partial charge >= 0.3 is 0 Å². The van der Waals surface area contributed by atoms with Crippen LogP contribution in [-0.2, 0) is 14.3 Å². The molecule has 2 rings (SSSR count). The van der Waals surface area contributed by atoms with Gasteiger partial charge < -0.3 is 4.74 Å². The molecule has 156 valence electrons. The summed E-state index contributed by atoms with van der Waals surface area (Å²) in [5, 5.41) is 0. The molecular formula is C22H36Cl2O3. The maximum Gasteiger partial charge on any atom is 0.133 e. The lowest BCUT2D eigenvalue weighted by Crippen LogP contribution is -2.25. The van der Waals surface area contributed by atoms with Crippen LogP contribution < -0.4 is 0 Å². The van der Waals surface area contributed by atoms with Crippen molar-refractivity contribution < 1.29 is 14.3 Å². The van der Waals surface area contributed by atoms with Crippen molar-refractivity contribution in [1.29, 1.82) is 0 Å². The molecule has 2 saturated carbocycles. The van der Waals surface area contributed by atoms with Crippen molar-refractivity contribution in [2.75, 3.05) is 25.0 Å². The molecule has 0 N–H and O–H groups in total. The van der Waals surface area contributed by atoms with E-state index in [1.807, 2.05) is 0 Å². The van der Waals surface area contributed by atoms with Gasteiger partial charge in [0.05, 0.1) is 0 Å². The zero-order valence-electron chi connectivity index (χ0n) is 16.6. The Bertz CT molecular complexity index is 415. The number of alkyl halides is 2. The molecule has 0 amide bonds. The fourth-order valence-electron chi connectivity index (χ4n) is 5.00. The minimum absolute atomic E-state index is 0.415. The standard InChI is InChI=1S/C22H36Cl2O3/c23-11-7-17(19-3-1-5-21(25)15-19)9-13-27-14-10-18(8-12-24)20-4-2-6-22(26)16-20/h17-20H,1-16H2. The maximum absolute atomic E-state index is 11.8. The summed E-state index contributed by atoms with van der Waals surface area (Å²) in [5.74, 6) is 4.13. The molecule has 2 fully saturated rings. The number of hydrogen-bond acceptors (Lipinski definition) is 3. The van der Waals surface area contributed by atoms with Crippen molar-refractivity contribution in [3.8, 4) is 0 Å². The smallest absolute Gasteiger partial charge is 0.133 e. The van der Waals surface area contributed by atoms with Gasteiger partial charge in [0.1, 0.15) is 11.6 Å². The zero-order chi connectivity index (χ0) is 19.5. The van der Waals surface area contributed by atoms with Crippen LogP contribution in [0, 0.1) is 23.7 Å². The Kier molecular flexibility index (Phi) is 11.3. The molecule has 0 spiro atoms. The van der Waals surface area contributed by atoms with E-state index in [2.05, 4.69) is 0 Å². The van der Waals surface area contributed by atoms with E-state index in [0.29, 0.717) is 47.0 Å². The largest absolute Gasteiger partial charge is 0.381 e. The number of ether oxygens (including phenoxy) is 1. The number of hydrogen-bond donors (Lipinski definition) is 0. The van der Waals surface area contributed by atoms with Crippen LogP contribution in [0.5, 0.6) is 0 Å². The molecule has 0 heterocycles. The van der Waals surface area contributed by atoms with Gasteiger partial charge in [-0.05, 0) is 75.0 Å². The zero-order valence-corrected chi connectivity index (χ0v) is 18.1. The Morgan fingerprint density at radius 3 is 1.59 bits per heavy atom. The van der Waals surface area contributed by atoms with Crippen molar-refractivity contribution in [2.24, 2.45) is 23.7 Å². The third kappa shape index (κ3) is 8.41. The first-order valence-electron chi connectivity index (χ1n) is 10.9. The summed E-state index contributed by atoms with van der Waals surface area (Å²) in [6, 6.07) is 0. The highest BCUT2D eigenvalue weighted by atomic mass is 35.5. The number of Topliss-reactive ketones (excluding diaryl/α,β-unsaturated/α-hetero) is 2. The third-order valence-corrected chi connectivity index (χ3v) is 7.04. The Morgan fingerprint density at radius 1 is 0.778 bits per heavy atom. The van der Waals surface area contributed by atoms with Gasteiger partial charge in [-0.1, -0.05) is 0 Å². The van der Waals surface area contributed by atoms with Gasteiger partial charge in [-0.3, -0.25) is 9.59 Å². The van der Waals surface area contributed by atoms with E-state index in [1.54, 1.807) is 0 Å². The van der Waals surface area contributed by atoms with Crippen molar-refractivity contribution in [1.82, 2.24) is 0 Å². The molecule has 0 aromatic rings. The highest BCUT2D eigenvalue weighted by Crippen LogP contribution is 2.34. The van der Waals surface area contributed by atoms with Crippen LogP contribution in [0.3, 0.4) is 0 Å². The lowest BCUT2D eigenvalue weighted by Gasteiger charge is -2.30. The van der Waals surface area contributed by atoms with Gasteiger partial charge in [0.25, 0.3) is 0 Å². The van der Waals surface area contributed by atoms with Gasteiger partial charge in [-0.2, -0.15) is 0 Å². The fraction of sp³-hybridized carbons (Fsp3) is 0.909. The molecule has 0 aliphatic heterocycles. The summed E-state index contributed by atoms with van der Waals surface area (Å²) < 4.78 is 5.97. The van der Waals surface area contributed by atoms with Crippen LogP contribution in [0.25, 0.3) is 0 Å². The number of carbonyl (C=O) groups excluding carboxylic acids is 2. The molecule has 4 unspecified atom stereocenters. The number of ketones is 2. The fourth-order valence-corrected chi connectivity index (χ4v) is 5.56. The van der Waals surface area contributed by atoms with E-state index in [4.69, 9.17) is 27.9 Å². The van der Waals surface area contributed by atoms with Gasteiger partial charge in [0.15, 0.2) is 0 Å². The van der Waals surface area contributed by atoms with Gasteiger partial charge in [0, 0.05) is 50.7 Å². The van der Waals surface area contributed by atoms with Crippen molar-refractivity contribution in [3.63, 3.8) is 0 Å². The monoisotopic (exact) mass is 418 g/mol. The predicted molar refractivity (Wildman–Crippen MR) is 112 cm³/mol. The lowest BCUT2D eigenvalue weighted by molar-refractivity contribution is -0.123. The predicted octanol–water partition coefficient (Wildman–Crippen LogP) is 5.79. The van der Waals surface area contributed by atoms with Crippen LogP contribution in [0.4, 0.5) is 0 Å². The molecule has 0 aromatic carbocycles. The van der Waals surface area contributed by atoms with Crippen LogP contribution in [0.2, 0.25) is 0 Å². The molecule has 4 atom stereocenters. The molecule has 0 bridgehead atoms. The Labute approximate surface area is 174 Å². The van der Waals surface area contributed by atoms with E-state index in [0.717, 1.165) is 90.3 Å². The molecule has 27 heavy (non-hydrogen) atoms. The summed E-state index contributed by atoms with van der Waals surface area (Å²) in [4.78, 5) is 23.5. The SMILES string of the molecule is O=C1CCCC(C(CCCl)CCOCCC(CCCl)C2CCCC(=O)C2)C1. The molecule has 3 nitrogen and oxygen atoms in total. The second-order valence-corrected chi connectivity index (χ2v) is 9.21. The average molecular weight is 419 g/mol. The highest BCUT2D eigenvalue weighted by Gasteiger charge is 2.28. The van der Waals surface area contributed by atoms with Crippen molar-refractivity contribution in [3.05, 3.63) is 0 Å². The van der Waals surface area contributed by atoms with Gasteiger partial charge in [-0.25, -0.2) is 0 Å². The normalized spacial score (nSPS) is 26.1. The molecule has 2 aliphatic carbocycles. The summed E-state index contributed by atoms with van der Waals surface area (Å²) >= 11 is 12.0. The Balaban J connectivity index is 1.69. The molecule has 0 aromatic heterocycles. The second kappa shape index (κ2) is 13.2. The topological polar surface area (TPSA) is 43.4 Å². The van der Waals surface area contributed by atoms with Crippen LogP contribution in [0.15, 0.2) is 0 Å². The molecule has 2 aliphatic rings. The van der Waals surface area contributed by atoms with Gasteiger partial charge in [0.2, 0.25) is 0 Å². The number of carbonyl (C=O) groups is 2. The van der Waals surface area contributed by atoms with Gasteiger partial charge in [-0.15, -0.1) is 23.2 Å². The number of rotatable bonds is 12. The first-order chi connectivity index (χ1) is 13.1. The third-order valence-electron chi connectivity index (χ3n) is 6.60. The Hall–Kier alpha value is -0.120. The minimum atomic E-state index is 0.415. The summed E-state index contributed by atoms with van der Waals surface area (Å²) in [7, 11) is 0. The van der Waals surface area contributed by atoms with Crippen molar-refractivity contribution in [2.45, 2.75) is 77.0 Å². The quantitative estimate of drug-likeness (QED) is 0.297. The highest BCUT2D eigenvalue weighted by molar-refractivity contribution is 6.18. The maximum atomic E-state index is 11.8. The minimum Gasteiger partial charge on any atom is -0.381 e. The van der Waals surface area contributed by atoms with E-state index in [1.165, 1.54) is 0 Å². The first-order valence-corrected chi connectivity index (χ1v) is 11.9. The summed E-state index contributed by atoms with van der Waals surface area (Å²) in [6.07, 6.45) is 11.3. The van der Waals surface area contributed by atoms with E-state index < -0.39 is 0 Å². The summed E-state index contributed by atoms with van der Waals surface area (Å²) in [6.45, 7) is 1.48. The lowest BCUT2D eigenvalue weighted by atomic mass is 9.77. The molecule has 0 saturated heterocycles. The van der Waals surface area contributed by atoms with Crippen LogP contribution >= 0.6 is 23.2 Å². The average Bonchev–Trinajstić information content (AvgIpc) is 2.66. The van der Waals surface area contributed by atoms with E-state index in [-0.39, 0.29) is 0 Å². The summed E-state index contributed by atoms with van der Waals surface area (Å²) in [5.41, 5.74) is 0. The second-order valence-electron chi connectivity index (χ2n) is 8.46. The van der Waals surface area contributed by atoms with Crippen molar-refractivity contribution >= 4 is 34.8 Å². The first kappa shape index (κ1) is 23.2. The molecule has 5 heteroatoms. The molecule has 0 radical (unpaired) electrons. The van der Waals surface area contributed by atoms with E-state index in [9.17, 15) is 9.59 Å². The Morgan fingerprint density at radius 2 is 1.22 bits per heavy atom. The van der Waals surface area contributed by atoms with Crippen LogP contribution in [-0.4, -0.2) is 36.5 Å². The number of halogens is 2. The van der Waals surface area contributed by atoms with Crippen LogP contribution in [0.1, 0.15) is 77.0 Å².